The van der Waals surface area contributed by atoms with Gasteiger partial charge in [0.15, 0.2) is 0 Å². The van der Waals surface area contributed by atoms with Crippen LogP contribution in [0.3, 0.4) is 0 Å². The normalized spacial score (nSPS) is 19.3. The quantitative estimate of drug-likeness (QED) is 0.757. The fourth-order valence-electron chi connectivity index (χ4n) is 3.44. The van der Waals surface area contributed by atoms with Crippen LogP contribution in [0.4, 0.5) is 0 Å². The number of benzene rings is 1. The lowest BCUT2D eigenvalue weighted by molar-refractivity contribution is 0.0688. The Labute approximate surface area is 129 Å². The minimum absolute atomic E-state index is 0.147. The Morgan fingerprint density at radius 2 is 1.62 bits per heavy atom. The van der Waals surface area contributed by atoms with Gasteiger partial charge in [0.25, 0.3) is 0 Å². The molecule has 0 saturated heterocycles. The highest BCUT2D eigenvalue weighted by atomic mass is 16.3. The maximum atomic E-state index is 10.2. The molecule has 2 atom stereocenters. The summed E-state index contributed by atoms with van der Waals surface area (Å²) in [5, 5.41) is 20.3. The van der Waals surface area contributed by atoms with Gasteiger partial charge in [-0.15, -0.1) is 0 Å². The summed E-state index contributed by atoms with van der Waals surface area (Å²) in [4.78, 5) is 0. The van der Waals surface area contributed by atoms with Crippen LogP contribution in [0.25, 0.3) is 0 Å². The van der Waals surface area contributed by atoms with E-state index in [-0.39, 0.29) is 12.2 Å². The Kier molecular flexibility index (Phi) is 7.25. The van der Waals surface area contributed by atoms with Gasteiger partial charge in [-0.1, -0.05) is 49.6 Å². The van der Waals surface area contributed by atoms with Gasteiger partial charge in [0.1, 0.15) is 0 Å². The summed E-state index contributed by atoms with van der Waals surface area (Å²) in [5.74, 6) is 0.514. The summed E-state index contributed by atoms with van der Waals surface area (Å²) in [6.07, 6.45) is 10.3. The smallest absolute Gasteiger partial charge is 0.0568 e. The Bertz CT molecular complexity index is 370. The van der Waals surface area contributed by atoms with E-state index < -0.39 is 0 Å². The zero-order chi connectivity index (χ0) is 14.9. The summed E-state index contributed by atoms with van der Waals surface area (Å²) in [7, 11) is 0. The Hall–Kier alpha value is -0.860. The third kappa shape index (κ3) is 6.19. The van der Waals surface area contributed by atoms with Crippen molar-refractivity contribution in [1.29, 1.82) is 0 Å². The summed E-state index contributed by atoms with van der Waals surface area (Å²) >= 11 is 0. The number of aliphatic hydroxyl groups excluding tert-OH is 2. The first-order chi connectivity index (χ1) is 10.3. The van der Waals surface area contributed by atoms with E-state index in [1.165, 1.54) is 37.7 Å². The third-order valence-electron chi connectivity index (χ3n) is 4.84. The highest BCUT2D eigenvalue weighted by Crippen LogP contribution is 2.28. The number of hydrogen-bond acceptors (Lipinski definition) is 2. The fourth-order valence-corrected chi connectivity index (χ4v) is 3.44. The number of rotatable bonds is 8. The maximum absolute atomic E-state index is 10.2. The minimum atomic E-state index is -0.233. The largest absolute Gasteiger partial charge is 0.393 e. The first-order valence-corrected chi connectivity index (χ1v) is 8.66. The van der Waals surface area contributed by atoms with Gasteiger partial charge >= 0.3 is 0 Å². The van der Waals surface area contributed by atoms with Crippen molar-refractivity contribution in [2.24, 2.45) is 5.92 Å². The van der Waals surface area contributed by atoms with Gasteiger partial charge < -0.3 is 10.2 Å². The molecule has 2 rings (SSSR count). The topological polar surface area (TPSA) is 40.5 Å². The zero-order valence-corrected chi connectivity index (χ0v) is 13.1. The van der Waals surface area contributed by atoms with Crippen molar-refractivity contribution in [3.05, 3.63) is 35.9 Å². The van der Waals surface area contributed by atoms with Crippen LogP contribution < -0.4 is 0 Å². The van der Waals surface area contributed by atoms with E-state index in [0.717, 1.165) is 32.1 Å². The molecule has 21 heavy (non-hydrogen) atoms. The second-order valence-electron chi connectivity index (χ2n) is 6.57. The summed E-state index contributed by atoms with van der Waals surface area (Å²) in [6.45, 7) is 0. The highest BCUT2D eigenvalue weighted by molar-refractivity contribution is 5.14. The molecule has 0 heterocycles. The second kappa shape index (κ2) is 9.22. The molecule has 0 amide bonds. The van der Waals surface area contributed by atoms with Crippen LogP contribution in [-0.4, -0.2) is 22.4 Å². The molecule has 0 bridgehead atoms. The van der Waals surface area contributed by atoms with E-state index in [2.05, 4.69) is 12.1 Å². The van der Waals surface area contributed by atoms with Gasteiger partial charge in [-0.3, -0.25) is 0 Å². The lowest BCUT2D eigenvalue weighted by Gasteiger charge is -2.26. The SMILES string of the molecule is O[C@@H](CCC[C@H](O)C1CCCCC1)CCc1ccccc1. The average molecular weight is 290 g/mol. The zero-order valence-electron chi connectivity index (χ0n) is 13.1. The molecule has 1 aliphatic carbocycles. The van der Waals surface area contributed by atoms with Gasteiger partial charge in [-0.05, 0) is 56.4 Å². The van der Waals surface area contributed by atoms with Gasteiger partial charge in [0.2, 0.25) is 0 Å². The molecule has 1 saturated carbocycles. The van der Waals surface area contributed by atoms with E-state index in [0.29, 0.717) is 5.92 Å². The molecular weight excluding hydrogens is 260 g/mol. The van der Waals surface area contributed by atoms with Crippen LogP contribution in [-0.2, 0) is 6.42 Å². The molecule has 0 aromatic heterocycles. The molecule has 1 aromatic rings. The van der Waals surface area contributed by atoms with Crippen molar-refractivity contribution >= 4 is 0 Å². The van der Waals surface area contributed by atoms with Crippen LogP contribution in [0.1, 0.15) is 63.4 Å². The van der Waals surface area contributed by atoms with E-state index in [4.69, 9.17) is 0 Å². The van der Waals surface area contributed by atoms with Crippen molar-refractivity contribution in [3.63, 3.8) is 0 Å². The van der Waals surface area contributed by atoms with E-state index in [9.17, 15) is 10.2 Å². The van der Waals surface area contributed by atoms with Crippen molar-refractivity contribution in [1.82, 2.24) is 0 Å². The van der Waals surface area contributed by atoms with Crippen LogP contribution >= 0.6 is 0 Å². The highest BCUT2D eigenvalue weighted by Gasteiger charge is 2.21. The minimum Gasteiger partial charge on any atom is -0.393 e. The van der Waals surface area contributed by atoms with Crippen LogP contribution in [0.2, 0.25) is 0 Å². The fraction of sp³-hybridized carbons (Fsp3) is 0.684. The standard InChI is InChI=1S/C19H30O2/c20-18(15-14-16-8-3-1-4-9-16)12-7-13-19(21)17-10-5-2-6-11-17/h1,3-4,8-9,17-21H,2,5-7,10-15H2/t18-,19-/m0/s1. The van der Waals surface area contributed by atoms with Crippen LogP contribution in [0.15, 0.2) is 30.3 Å². The number of hydrogen-bond donors (Lipinski definition) is 2. The van der Waals surface area contributed by atoms with Crippen LogP contribution in [0.5, 0.6) is 0 Å². The van der Waals surface area contributed by atoms with Gasteiger partial charge in [0, 0.05) is 0 Å². The monoisotopic (exact) mass is 290 g/mol. The molecule has 0 radical (unpaired) electrons. The Morgan fingerprint density at radius 1 is 0.905 bits per heavy atom. The van der Waals surface area contributed by atoms with E-state index >= 15 is 0 Å². The van der Waals surface area contributed by atoms with Crippen molar-refractivity contribution in [2.75, 3.05) is 0 Å². The molecule has 1 fully saturated rings. The molecular formula is C19H30O2. The van der Waals surface area contributed by atoms with E-state index in [1.807, 2.05) is 18.2 Å². The van der Waals surface area contributed by atoms with E-state index in [1.54, 1.807) is 0 Å². The van der Waals surface area contributed by atoms with Crippen molar-refractivity contribution in [2.45, 2.75) is 76.4 Å². The third-order valence-corrected chi connectivity index (χ3v) is 4.84. The molecule has 2 heteroatoms. The number of aryl methyl sites for hydroxylation is 1. The predicted molar refractivity (Wildman–Crippen MR) is 87.2 cm³/mol. The molecule has 0 unspecified atom stereocenters. The molecule has 2 N–H and O–H groups in total. The van der Waals surface area contributed by atoms with Gasteiger partial charge in [-0.2, -0.15) is 0 Å². The predicted octanol–water partition coefficient (Wildman–Crippen LogP) is 4.09. The maximum Gasteiger partial charge on any atom is 0.0568 e. The summed E-state index contributed by atoms with van der Waals surface area (Å²) < 4.78 is 0. The Balaban J connectivity index is 1.57. The van der Waals surface area contributed by atoms with Crippen molar-refractivity contribution < 1.29 is 10.2 Å². The summed E-state index contributed by atoms with van der Waals surface area (Å²) in [6, 6.07) is 10.3. The molecule has 118 valence electrons. The van der Waals surface area contributed by atoms with Gasteiger partial charge in [0.05, 0.1) is 12.2 Å². The van der Waals surface area contributed by atoms with Crippen LogP contribution in [0, 0.1) is 5.92 Å². The lowest BCUT2D eigenvalue weighted by Crippen LogP contribution is -2.23. The Morgan fingerprint density at radius 3 is 2.33 bits per heavy atom. The van der Waals surface area contributed by atoms with Crippen molar-refractivity contribution in [3.8, 4) is 0 Å². The summed E-state index contributed by atoms with van der Waals surface area (Å²) in [5.41, 5.74) is 1.29. The van der Waals surface area contributed by atoms with Gasteiger partial charge in [-0.25, -0.2) is 0 Å². The second-order valence-corrected chi connectivity index (χ2v) is 6.57. The molecule has 0 spiro atoms. The molecule has 0 aliphatic heterocycles. The molecule has 1 aliphatic rings. The number of aliphatic hydroxyl groups is 2. The molecule has 1 aromatic carbocycles. The average Bonchev–Trinajstić information content (AvgIpc) is 2.54. The first-order valence-electron chi connectivity index (χ1n) is 8.66. The molecule has 2 nitrogen and oxygen atoms in total. The lowest BCUT2D eigenvalue weighted by atomic mass is 9.83. The first kappa shape index (κ1) is 16.5.